The van der Waals surface area contributed by atoms with Gasteiger partial charge in [-0.25, -0.2) is 19.3 Å². The zero-order valence-electron chi connectivity index (χ0n) is 36.9. The Balaban J connectivity index is 0.945. The number of carbonyl (C=O) groups is 4. The molecule has 1 aliphatic heterocycles. The second-order valence-electron chi connectivity index (χ2n) is 17.0. The molecule has 1 saturated heterocycles. The molecule has 15 nitrogen and oxygen atoms in total. The summed E-state index contributed by atoms with van der Waals surface area (Å²) in [7, 11) is 3.45. The van der Waals surface area contributed by atoms with Crippen molar-refractivity contribution in [1.82, 2.24) is 34.8 Å². The summed E-state index contributed by atoms with van der Waals surface area (Å²) in [5, 5.41) is 10.6. The number of carbonyl (C=O) groups excluding carboxylic acids is 4. The molecule has 2 aromatic carbocycles. The van der Waals surface area contributed by atoms with Crippen LogP contribution in [0.1, 0.15) is 78.2 Å². The number of fused-ring (bicyclic) bond motifs is 1. The van der Waals surface area contributed by atoms with Crippen LogP contribution in [0.2, 0.25) is 0 Å². The molecular formula is C47H57FN8O7. The molecule has 6 rings (SSSR count). The smallest absolute Gasteiger partial charge is 0.412 e. The van der Waals surface area contributed by atoms with Gasteiger partial charge in [0, 0.05) is 69.9 Å². The van der Waals surface area contributed by atoms with E-state index in [2.05, 4.69) is 39.6 Å². The summed E-state index contributed by atoms with van der Waals surface area (Å²) >= 11 is 0. The van der Waals surface area contributed by atoms with Crippen LogP contribution in [0.15, 0.2) is 77.8 Å². The van der Waals surface area contributed by atoms with E-state index in [0.29, 0.717) is 54.2 Å². The number of likely N-dealkylation sites (N-methyl/N-ethyl adjacent to an activating group) is 2. The molecule has 0 spiro atoms. The third kappa shape index (κ3) is 12.2. The first-order valence-electron chi connectivity index (χ1n) is 21.3. The number of pyridine rings is 1. The summed E-state index contributed by atoms with van der Waals surface area (Å²) in [5.74, 6) is -1.19. The summed E-state index contributed by atoms with van der Waals surface area (Å²) < 4.78 is 26.3. The number of ether oxygens (including phenoxy) is 2. The van der Waals surface area contributed by atoms with Gasteiger partial charge in [-0.1, -0.05) is 49.4 Å². The number of hydrogen-bond acceptors (Lipinski definition) is 10. The Morgan fingerprint density at radius 3 is 2.41 bits per heavy atom. The normalized spacial score (nSPS) is 15.4. The van der Waals surface area contributed by atoms with Gasteiger partial charge in [0.05, 0.1) is 42.1 Å². The van der Waals surface area contributed by atoms with E-state index in [1.54, 1.807) is 74.1 Å². The van der Waals surface area contributed by atoms with Crippen LogP contribution in [0.25, 0.3) is 16.3 Å². The summed E-state index contributed by atoms with van der Waals surface area (Å²) in [4.78, 5) is 76.4. The highest BCUT2D eigenvalue weighted by molar-refractivity contribution is 6.01. The molecule has 1 unspecified atom stereocenters. The summed E-state index contributed by atoms with van der Waals surface area (Å²) in [6.07, 6.45) is 9.52. The average molecular weight is 865 g/mol. The second-order valence-corrected chi connectivity index (χ2v) is 17.0. The fraction of sp³-hybridized carbons (Fsp3) is 0.426. The molecule has 0 bridgehead atoms. The molecule has 0 radical (unpaired) electrons. The fourth-order valence-corrected chi connectivity index (χ4v) is 7.42. The van der Waals surface area contributed by atoms with Gasteiger partial charge in [-0.2, -0.15) is 5.10 Å². The van der Waals surface area contributed by atoms with Gasteiger partial charge in [-0.3, -0.25) is 29.4 Å². The van der Waals surface area contributed by atoms with Crippen LogP contribution in [0.5, 0.6) is 0 Å². The number of allylic oxidation sites excluding steroid dienone is 4. The van der Waals surface area contributed by atoms with E-state index in [4.69, 9.17) is 9.47 Å². The molecule has 334 valence electrons. The number of nitrogens with zero attached hydrogens (tertiary/aromatic N) is 6. The highest BCUT2D eigenvalue weighted by Gasteiger charge is 2.28. The van der Waals surface area contributed by atoms with E-state index in [1.807, 2.05) is 24.1 Å². The fourth-order valence-electron chi connectivity index (χ4n) is 7.42. The van der Waals surface area contributed by atoms with Crippen molar-refractivity contribution in [2.24, 2.45) is 5.92 Å². The number of anilines is 1. The predicted octanol–water partition coefficient (Wildman–Crippen LogP) is 5.77. The Bertz CT molecular complexity index is 2440. The number of halogens is 1. The van der Waals surface area contributed by atoms with Crippen molar-refractivity contribution in [3.63, 3.8) is 0 Å². The third-order valence-electron chi connectivity index (χ3n) is 11.0. The van der Waals surface area contributed by atoms with E-state index < -0.39 is 29.3 Å². The van der Waals surface area contributed by atoms with Crippen molar-refractivity contribution >= 4 is 45.8 Å². The van der Waals surface area contributed by atoms with Gasteiger partial charge >= 0.3 is 6.09 Å². The predicted molar refractivity (Wildman–Crippen MR) is 239 cm³/mol. The van der Waals surface area contributed by atoms with Crippen molar-refractivity contribution < 1.29 is 33.0 Å². The van der Waals surface area contributed by atoms with Crippen molar-refractivity contribution in [1.29, 1.82) is 0 Å². The van der Waals surface area contributed by atoms with E-state index in [-0.39, 0.29) is 67.6 Å². The molecule has 2 N–H and O–H groups in total. The van der Waals surface area contributed by atoms with Gasteiger partial charge in [-0.05, 0) is 82.0 Å². The van der Waals surface area contributed by atoms with Crippen LogP contribution in [0, 0.1) is 11.7 Å². The molecule has 0 saturated carbocycles. The number of benzene rings is 2. The number of piperazine rings is 1. The largest absolute Gasteiger partial charge is 0.444 e. The Kier molecular flexibility index (Phi) is 15.2. The van der Waals surface area contributed by atoms with E-state index in [1.165, 1.54) is 17.0 Å². The van der Waals surface area contributed by atoms with Crippen LogP contribution in [0.4, 0.5) is 14.9 Å². The number of rotatable bonds is 15. The summed E-state index contributed by atoms with van der Waals surface area (Å²) in [6.45, 7) is 9.95. The highest BCUT2D eigenvalue weighted by atomic mass is 19.1. The van der Waals surface area contributed by atoms with E-state index in [0.717, 1.165) is 24.0 Å². The molecular weight excluding hydrogens is 808 g/mol. The van der Waals surface area contributed by atoms with E-state index >= 15 is 4.39 Å². The van der Waals surface area contributed by atoms with Crippen molar-refractivity contribution in [2.45, 2.75) is 52.6 Å². The minimum atomic E-state index is -0.738. The Labute approximate surface area is 366 Å². The molecule has 16 heteroatoms. The first-order valence-corrected chi connectivity index (χ1v) is 21.3. The zero-order chi connectivity index (χ0) is 45.3. The molecule has 4 aromatic rings. The number of amides is 4. The Hall–Kier alpha value is -6.26. The number of aromatic nitrogens is 3. The average Bonchev–Trinajstić information content (AvgIpc) is 3.26. The van der Waals surface area contributed by atoms with Crippen LogP contribution in [-0.4, -0.2) is 137 Å². The molecule has 2 aliphatic rings. The quantitative estimate of drug-likeness (QED) is 0.140. The molecule has 4 amide bonds. The van der Waals surface area contributed by atoms with Crippen LogP contribution >= 0.6 is 0 Å². The zero-order valence-corrected chi connectivity index (χ0v) is 36.9. The third-order valence-corrected chi connectivity index (χ3v) is 11.0. The number of hydrogen-bond donors (Lipinski definition) is 2. The molecule has 1 aliphatic carbocycles. The molecule has 1 atom stereocenters. The standard InChI is InChI=1S/C47H57FN8O7/c1-7-31-11-10-12-33(25-31)34-28-40(50-46(61)63-47(2,3)4)42(49-29-34)45(60)54(6)22-24-62-23-21-53(5)30-41(57)55-17-19-56(20-18-55)44(59)37-26-32(15-16-38(37)48)27-39-35-13-8-9-14-36(35)43(58)52-51-39/h8-10,12-16,25-26,28-29,31H,7,11,17-24,27,30H2,1-6H3,(H,50,61)(H,52,58). The lowest BCUT2D eigenvalue weighted by molar-refractivity contribution is -0.133. The lowest BCUT2D eigenvalue weighted by atomic mass is 9.91. The van der Waals surface area contributed by atoms with Gasteiger partial charge in [0.2, 0.25) is 5.91 Å². The first-order chi connectivity index (χ1) is 30.1. The van der Waals surface area contributed by atoms with Gasteiger partial charge in [0.1, 0.15) is 11.4 Å². The summed E-state index contributed by atoms with van der Waals surface area (Å²) in [6, 6.07) is 13.2. The minimum Gasteiger partial charge on any atom is -0.444 e. The minimum absolute atomic E-state index is 0.0579. The van der Waals surface area contributed by atoms with Gasteiger partial charge in [-0.15, -0.1) is 0 Å². The number of nitrogens with one attached hydrogen (secondary N) is 2. The number of H-pyrrole nitrogens is 1. The maximum absolute atomic E-state index is 15.0. The molecule has 1 fully saturated rings. The molecule has 63 heavy (non-hydrogen) atoms. The van der Waals surface area contributed by atoms with Crippen LogP contribution in [-0.2, 0) is 20.7 Å². The van der Waals surface area contributed by atoms with Crippen molar-refractivity contribution in [3.05, 3.63) is 117 Å². The van der Waals surface area contributed by atoms with Gasteiger partial charge in [0.25, 0.3) is 17.4 Å². The highest BCUT2D eigenvalue weighted by Crippen LogP contribution is 2.29. The molecule has 2 aromatic heterocycles. The van der Waals surface area contributed by atoms with Crippen LogP contribution in [0.3, 0.4) is 0 Å². The monoisotopic (exact) mass is 864 g/mol. The molecule has 3 heterocycles. The Morgan fingerprint density at radius 1 is 0.968 bits per heavy atom. The number of aromatic amines is 1. The Morgan fingerprint density at radius 2 is 1.68 bits per heavy atom. The van der Waals surface area contributed by atoms with Gasteiger partial charge < -0.3 is 24.2 Å². The lowest BCUT2D eigenvalue weighted by Gasteiger charge is -2.35. The SMILES string of the molecule is CCC1C=C(c2cnc(C(=O)N(C)CCOCCN(C)CC(=O)N3CCN(C(=O)c4cc(Cc5n[nH]c(=O)c6ccccc56)ccc4F)CC3)c(NC(=O)OC(C)(C)C)c2)C=CC1. The first kappa shape index (κ1) is 46.2. The maximum Gasteiger partial charge on any atom is 0.412 e. The lowest BCUT2D eigenvalue weighted by Crippen LogP contribution is -2.52. The van der Waals surface area contributed by atoms with Crippen molar-refractivity contribution in [2.75, 3.05) is 78.4 Å². The van der Waals surface area contributed by atoms with Crippen LogP contribution < -0.4 is 10.9 Å². The second kappa shape index (κ2) is 20.7. The van der Waals surface area contributed by atoms with Crippen molar-refractivity contribution in [3.8, 4) is 0 Å². The van der Waals surface area contributed by atoms with E-state index in [9.17, 15) is 24.0 Å². The van der Waals surface area contributed by atoms with Gasteiger partial charge in [0.15, 0.2) is 5.69 Å². The maximum atomic E-state index is 15.0. The topological polar surface area (TPSA) is 170 Å². The summed E-state index contributed by atoms with van der Waals surface area (Å²) in [5.41, 5.74) is 2.26.